The van der Waals surface area contributed by atoms with Crippen LogP contribution >= 0.6 is 12.2 Å². The molecule has 0 heterocycles. The van der Waals surface area contributed by atoms with Gasteiger partial charge in [0, 0.05) is 26.1 Å². The summed E-state index contributed by atoms with van der Waals surface area (Å²) in [5.74, 6) is 0. The molecule has 0 saturated carbocycles. The second-order valence-corrected chi connectivity index (χ2v) is 3.16. The van der Waals surface area contributed by atoms with Crippen LogP contribution in [0.3, 0.4) is 0 Å². The third-order valence-corrected chi connectivity index (χ3v) is 1.83. The van der Waals surface area contributed by atoms with Crippen molar-refractivity contribution in [3.8, 4) is 0 Å². The largest absolute Gasteiger partial charge is 0.393 e. The molecule has 0 atom stereocenters. The van der Waals surface area contributed by atoms with Crippen LogP contribution in [0.1, 0.15) is 20.3 Å². The van der Waals surface area contributed by atoms with Crippen LogP contribution in [0, 0.1) is 0 Å². The molecule has 0 aromatic carbocycles. The van der Waals surface area contributed by atoms with Crippen molar-refractivity contribution in [1.29, 1.82) is 0 Å². The van der Waals surface area contributed by atoms with E-state index in [9.17, 15) is 4.79 Å². The highest BCUT2D eigenvalue weighted by atomic mass is 32.1. The minimum absolute atomic E-state index is 0.0544. The Morgan fingerprint density at radius 3 is 2.54 bits per heavy atom. The van der Waals surface area contributed by atoms with Crippen LogP contribution in [0.25, 0.3) is 0 Å². The van der Waals surface area contributed by atoms with Crippen molar-refractivity contribution >= 4 is 23.2 Å². The van der Waals surface area contributed by atoms with Crippen molar-refractivity contribution in [3.05, 3.63) is 0 Å². The first-order chi connectivity index (χ1) is 6.11. The molecule has 5 heteroatoms. The molecule has 0 radical (unpaired) electrons. The molecule has 0 spiro atoms. The predicted octanol–water partition coefficient (Wildman–Crippen LogP) is 0.714. The summed E-state index contributed by atoms with van der Waals surface area (Å²) < 4.78 is 0. The standard InChI is InChI=1S/C8H17N3OS/c1-3-10-8(12)11(4-2)6-5-7(9)13/h3-6H2,1-2H3,(H2,9,13)(H,10,12). The van der Waals surface area contributed by atoms with Crippen molar-refractivity contribution in [1.82, 2.24) is 10.2 Å². The summed E-state index contributed by atoms with van der Waals surface area (Å²) in [6.07, 6.45) is 0.584. The van der Waals surface area contributed by atoms with Crippen LogP contribution in [-0.4, -0.2) is 35.6 Å². The molecule has 0 aliphatic heterocycles. The smallest absolute Gasteiger partial charge is 0.317 e. The van der Waals surface area contributed by atoms with Crippen molar-refractivity contribution < 1.29 is 4.79 Å². The van der Waals surface area contributed by atoms with Crippen LogP contribution in [0.15, 0.2) is 0 Å². The molecule has 0 aromatic rings. The SMILES string of the molecule is CCNC(=O)N(CC)CCC(N)=S. The van der Waals surface area contributed by atoms with E-state index in [-0.39, 0.29) is 6.03 Å². The lowest BCUT2D eigenvalue weighted by Crippen LogP contribution is -2.41. The number of thiocarbonyl (C=S) groups is 1. The Kier molecular flexibility index (Phi) is 6.22. The van der Waals surface area contributed by atoms with Gasteiger partial charge in [0.15, 0.2) is 0 Å². The number of nitrogens with zero attached hydrogens (tertiary/aromatic N) is 1. The summed E-state index contributed by atoms with van der Waals surface area (Å²) in [5.41, 5.74) is 5.34. The molecule has 3 N–H and O–H groups in total. The molecule has 76 valence electrons. The molecular weight excluding hydrogens is 186 g/mol. The second kappa shape index (κ2) is 6.65. The maximum Gasteiger partial charge on any atom is 0.317 e. The van der Waals surface area contributed by atoms with E-state index in [0.29, 0.717) is 31.0 Å². The predicted molar refractivity (Wildman–Crippen MR) is 57.7 cm³/mol. The molecule has 13 heavy (non-hydrogen) atoms. The molecule has 0 saturated heterocycles. The fourth-order valence-electron chi connectivity index (χ4n) is 0.911. The quantitative estimate of drug-likeness (QED) is 0.647. The van der Waals surface area contributed by atoms with Gasteiger partial charge in [-0.2, -0.15) is 0 Å². The number of amides is 2. The third kappa shape index (κ3) is 5.41. The summed E-state index contributed by atoms with van der Waals surface area (Å²) in [4.78, 5) is 13.4. The van der Waals surface area contributed by atoms with Crippen molar-refractivity contribution in [2.45, 2.75) is 20.3 Å². The Hall–Kier alpha value is -0.840. The maximum absolute atomic E-state index is 11.3. The first kappa shape index (κ1) is 12.2. The average Bonchev–Trinajstić information content (AvgIpc) is 2.05. The first-order valence-corrected chi connectivity index (χ1v) is 4.83. The second-order valence-electron chi connectivity index (χ2n) is 2.63. The third-order valence-electron chi connectivity index (χ3n) is 1.63. The van der Waals surface area contributed by atoms with Gasteiger partial charge in [0.1, 0.15) is 0 Å². The fraction of sp³-hybridized carbons (Fsp3) is 0.750. The lowest BCUT2D eigenvalue weighted by molar-refractivity contribution is 0.202. The zero-order chi connectivity index (χ0) is 10.3. The fourth-order valence-corrected chi connectivity index (χ4v) is 1.00. The Morgan fingerprint density at radius 1 is 1.54 bits per heavy atom. The summed E-state index contributed by atoms with van der Waals surface area (Å²) >= 11 is 4.73. The van der Waals surface area contributed by atoms with Crippen LogP contribution in [0.4, 0.5) is 4.79 Å². The van der Waals surface area contributed by atoms with Gasteiger partial charge < -0.3 is 16.0 Å². The van der Waals surface area contributed by atoms with Crippen molar-refractivity contribution in [2.24, 2.45) is 5.73 Å². The van der Waals surface area contributed by atoms with Gasteiger partial charge in [0.05, 0.1) is 4.99 Å². The molecule has 0 aliphatic rings. The van der Waals surface area contributed by atoms with Crippen LogP contribution in [0.2, 0.25) is 0 Å². The van der Waals surface area contributed by atoms with E-state index in [2.05, 4.69) is 5.32 Å². The number of rotatable bonds is 5. The van der Waals surface area contributed by atoms with Crippen molar-refractivity contribution in [3.63, 3.8) is 0 Å². The molecule has 0 aliphatic carbocycles. The zero-order valence-electron chi connectivity index (χ0n) is 8.17. The Labute approximate surface area is 84.5 Å². The summed E-state index contributed by atoms with van der Waals surface area (Å²) in [5, 5.41) is 2.72. The van der Waals surface area contributed by atoms with Crippen LogP contribution in [0.5, 0.6) is 0 Å². The van der Waals surface area contributed by atoms with Gasteiger partial charge >= 0.3 is 6.03 Å². The molecule has 4 nitrogen and oxygen atoms in total. The highest BCUT2D eigenvalue weighted by molar-refractivity contribution is 7.80. The van der Waals surface area contributed by atoms with Gasteiger partial charge in [-0.25, -0.2) is 4.79 Å². The highest BCUT2D eigenvalue weighted by Crippen LogP contribution is 1.92. The molecule has 0 bridgehead atoms. The van der Waals surface area contributed by atoms with E-state index in [1.807, 2.05) is 13.8 Å². The molecule has 0 rings (SSSR count). The maximum atomic E-state index is 11.3. The van der Waals surface area contributed by atoms with Gasteiger partial charge in [-0.3, -0.25) is 0 Å². The number of carbonyl (C=O) groups excluding carboxylic acids is 1. The van der Waals surface area contributed by atoms with Gasteiger partial charge in [-0.1, -0.05) is 12.2 Å². The van der Waals surface area contributed by atoms with Gasteiger partial charge in [-0.05, 0) is 13.8 Å². The Balaban J connectivity index is 3.87. The number of urea groups is 1. The van der Waals surface area contributed by atoms with Crippen LogP contribution < -0.4 is 11.1 Å². The van der Waals surface area contributed by atoms with Crippen LogP contribution in [-0.2, 0) is 0 Å². The topological polar surface area (TPSA) is 58.4 Å². The van der Waals surface area contributed by atoms with E-state index >= 15 is 0 Å². The minimum Gasteiger partial charge on any atom is -0.393 e. The van der Waals surface area contributed by atoms with Crippen molar-refractivity contribution in [2.75, 3.05) is 19.6 Å². The first-order valence-electron chi connectivity index (χ1n) is 4.42. The number of nitrogens with two attached hydrogens (primary N) is 1. The lowest BCUT2D eigenvalue weighted by atomic mass is 10.4. The van der Waals surface area contributed by atoms with E-state index < -0.39 is 0 Å². The molecule has 2 amide bonds. The highest BCUT2D eigenvalue weighted by Gasteiger charge is 2.09. The van der Waals surface area contributed by atoms with E-state index in [0.717, 1.165) is 0 Å². The summed E-state index contributed by atoms with van der Waals surface area (Å²) in [6, 6.07) is -0.0544. The summed E-state index contributed by atoms with van der Waals surface area (Å²) in [6.45, 7) is 5.72. The molecule has 0 aromatic heterocycles. The van der Waals surface area contributed by atoms with E-state index in [4.69, 9.17) is 18.0 Å². The van der Waals surface area contributed by atoms with E-state index in [1.54, 1.807) is 4.90 Å². The van der Waals surface area contributed by atoms with E-state index in [1.165, 1.54) is 0 Å². The lowest BCUT2D eigenvalue weighted by Gasteiger charge is -2.20. The average molecular weight is 203 g/mol. The normalized spacial score (nSPS) is 9.38. The molecule has 0 fully saturated rings. The Bertz CT molecular complexity index is 184. The van der Waals surface area contributed by atoms with Gasteiger partial charge in [-0.15, -0.1) is 0 Å². The zero-order valence-corrected chi connectivity index (χ0v) is 8.99. The number of carbonyl (C=O) groups is 1. The van der Waals surface area contributed by atoms with Gasteiger partial charge in [0.25, 0.3) is 0 Å². The Morgan fingerprint density at radius 2 is 2.15 bits per heavy atom. The van der Waals surface area contributed by atoms with Gasteiger partial charge in [0.2, 0.25) is 0 Å². The number of nitrogens with one attached hydrogen (secondary N) is 1. The molecular formula is C8H17N3OS. The molecule has 0 unspecified atom stereocenters. The number of hydrogen-bond donors (Lipinski definition) is 2. The minimum atomic E-state index is -0.0544. The number of hydrogen-bond acceptors (Lipinski definition) is 2. The summed E-state index contributed by atoms with van der Waals surface area (Å²) in [7, 11) is 0. The monoisotopic (exact) mass is 203 g/mol.